The molecular formula is C13H10F3N5OS. The van der Waals surface area contributed by atoms with Gasteiger partial charge in [-0.25, -0.2) is 4.98 Å². The van der Waals surface area contributed by atoms with Crippen LogP contribution in [0.2, 0.25) is 0 Å². The van der Waals surface area contributed by atoms with Crippen LogP contribution in [0.15, 0.2) is 34.2 Å². The number of benzene rings is 1. The van der Waals surface area contributed by atoms with Crippen molar-refractivity contribution >= 4 is 22.7 Å². The molecule has 0 bridgehead atoms. The third-order valence-electron chi connectivity index (χ3n) is 3.09. The minimum atomic E-state index is -4.56. The summed E-state index contributed by atoms with van der Waals surface area (Å²) in [7, 11) is 1.24. The Balaban J connectivity index is 1.84. The molecule has 0 saturated carbocycles. The van der Waals surface area contributed by atoms with Gasteiger partial charge in [-0.3, -0.25) is 4.79 Å². The van der Waals surface area contributed by atoms with E-state index in [4.69, 9.17) is 0 Å². The van der Waals surface area contributed by atoms with Crippen molar-refractivity contribution in [3.8, 4) is 0 Å². The van der Waals surface area contributed by atoms with Crippen molar-refractivity contribution in [2.75, 3.05) is 0 Å². The second-order valence-electron chi connectivity index (χ2n) is 4.68. The Morgan fingerprint density at radius 3 is 2.70 bits per heavy atom. The Labute approximate surface area is 131 Å². The molecule has 120 valence electrons. The van der Waals surface area contributed by atoms with Crippen LogP contribution in [0.25, 0.3) is 10.9 Å². The first kappa shape index (κ1) is 15.5. The number of thioether (sulfide) groups is 1. The minimum absolute atomic E-state index is 0.0909. The van der Waals surface area contributed by atoms with Crippen molar-refractivity contribution in [1.29, 1.82) is 0 Å². The molecule has 0 atom stereocenters. The first-order valence-corrected chi connectivity index (χ1v) is 7.42. The number of para-hydroxylation sites is 1. The van der Waals surface area contributed by atoms with Crippen LogP contribution in [0.1, 0.15) is 11.6 Å². The van der Waals surface area contributed by atoms with Crippen LogP contribution >= 0.6 is 11.8 Å². The number of aromatic amines is 1. The number of rotatable bonds is 3. The lowest BCUT2D eigenvalue weighted by Crippen LogP contribution is -2.13. The first-order valence-electron chi connectivity index (χ1n) is 6.43. The summed E-state index contributed by atoms with van der Waals surface area (Å²) in [5.41, 5.74) is 0.237. The number of hydrogen-bond donors (Lipinski definition) is 1. The fourth-order valence-corrected chi connectivity index (χ4v) is 2.80. The van der Waals surface area contributed by atoms with E-state index in [1.807, 2.05) is 0 Å². The quantitative estimate of drug-likeness (QED) is 0.740. The van der Waals surface area contributed by atoms with E-state index < -0.39 is 12.0 Å². The van der Waals surface area contributed by atoms with Gasteiger partial charge >= 0.3 is 6.18 Å². The van der Waals surface area contributed by atoms with Gasteiger partial charge in [-0.2, -0.15) is 13.2 Å². The van der Waals surface area contributed by atoms with Gasteiger partial charge in [-0.1, -0.05) is 23.9 Å². The fourth-order valence-electron chi connectivity index (χ4n) is 2.02. The smallest absolute Gasteiger partial charge is 0.309 e. The highest BCUT2D eigenvalue weighted by atomic mass is 32.2. The summed E-state index contributed by atoms with van der Waals surface area (Å²) in [6.07, 6.45) is -4.56. The number of halogens is 3. The predicted octanol–water partition coefficient (Wildman–Crippen LogP) is 2.36. The third-order valence-corrected chi connectivity index (χ3v) is 4.12. The molecule has 1 N–H and O–H groups in total. The van der Waals surface area contributed by atoms with E-state index in [-0.39, 0.29) is 16.5 Å². The summed E-state index contributed by atoms with van der Waals surface area (Å²) in [4.78, 5) is 18.8. The molecule has 0 aliphatic rings. The van der Waals surface area contributed by atoms with Gasteiger partial charge in [0.2, 0.25) is 5.82 Å². The number of hydrogen-bond acceptors (Lipinski definition) is 5. The molecule has 3 rings (SSSR count). The van der Waals surface area contributed by atoms with Gasteiger partial charge in [-0.15, -0.1) is 10.2 Å². The summed E-state index contributed by atoms with van der Waals surface area (Å²) in [5.74, 6) is -0.542. The maximum absolute atomic E-state index is 12.7. The molecule has 0 aliphatic heterocycles. The van der Waals surface area contributed by atoms with E-state index in [1.54, 1.807) is 24.3 Å². The zero-order valence-corrected chi connectivity index (χ0v) is 12.6. The molecule has 23 heavy (non-hydrogen) atoms. The average molecular weight is 341 g/mol. The Hall–Kier alpha value is -2.36. The lowest BCUT2D eigenvalue weighted by Gasteiger charge is -2.06. The summed E-state index contributed by atoms with van der Waals surface area (Å²) in [6.45, 7) is 0. The Morgan fingerprint density at radius 2 is 2.00 bits per heavy atom. The van der Waals surface area contributed by atoms with Crippen LogP contribution in [0.4, 0.5) is 13.2 Å². The van der Waals surface area contributed by atoms with Crippen molar-refractivity contribution in [3.63, 3.8) is 0 Å². The number of nitrogens with zero attached hydrogens (tertiary/aromatic N) is 4. The van der Waals surface area contributed by atoms with Crippen molar-refractivity contribution in [2.24, 2.45) is 7.05 Å². The topological polar surface area (TPSA) is 76.5 Å². The van der Waals surface area contributed by atoms with Crippen LogP contribution in [-0.4, -0.2) is 24.7 Å². The molecule has 10 heteroatoms. The molecule has 6 nitrogen and oxygen atoms in total. The minimum Gasteiger partial charge on any atom is -0.309 e. The second kappa shape index (κ2) is 5.69. The molecule has 2 aromatic heterocycles. The molecule has 0 fully saturated rings. The van der Waals surface area contributed by atoms with Gasteiger partial charge in [-0.05, 0) is 12.1 Å². The number of H-pyrrole nitrogens is 1. The van der Waals surface area contributed by atoms with Crippen LogP contribution < -0.4 is 5.56 Å². The molecule has 3 aromatic rings. The Kier molecular flexibility index (Phi) is 3.84. The van der Waals surface area contributed by atoms with Crippen molar-refractivity contribution < 1.29 is 13.2 Å². The fraction of sp³-hybridized carbons (Fsp3) is 0.231. The molecule has 0 radical (unpaired) electrons. The van der Waals surface area contributed by atoms with Gasteiger partial charge < -0.3 is 9.55 Å². The van der Waals surface area contributed by atoms with Gasteiger partial charge in [0.15, 0.2) is 5.16 Å². The van der Waals surface area contributed by atoms with Crippen molar-refractivity contribution in [1.82, 2.24) is 24.7 Å². The number of fused-ring (bicyclic) bond motifs is 1. The first-order chi connectivity index (χ1) is 10.9. The van der Waals surface area contributed by atoms with Crippen LogP contribution in [-0.2, 0) is 19.0 Å². The standard InChI is InChI=1S/C13H10F3N5OS/c1-21-11(13(14,15)16)19-20-12(21)23-6-9-17-8-5-3-2-4-7(8)10(22)18-9/h2-5H,6H2,1H3,(H,17,18,22). The zero-order chi connectivity index (χ0) is 16.6. The van der Waals surface area contributed by atoms with Gasteiger partial charge in [0.05, 0.1) is 16.7 Å². The highest BCUT2D eigenvalue weighted by Gasteiger charge is 2.37. The largest absolute Gasteiger partial charge is 0.451 e. The summed E-state index contributed by atoms with van der Waals surface area (Å²) < 4.78 is 38.8. The van der Waals surface area contributed by atoms with Gasteiger partial charge in [0.1, 0.15) is 5.82 Å². The Morgan fingerprint density at radius 1 is 1.26 bits per heavy atom. The van der Waals surface area contributed by atoms with Crippen LogP contribution in [0, 0.1) is 0 Å². The van der Waals surface area contributed by atoms with E-state index >= 15 is 0 Å². The third kappa shape index (κ3) is 3.07. The monoisotopic (exact) mass is 341 g/mol. The molecule has 0 saturated heterocycles. The Bertz CT molecular complexity index is 918. The summed E-state index contributed by atoms with van der Waals surface area (Å²) >= 11 is 1.01. The molecular weight excluding hydrogens is 331 g/mol. The normalized spacial score (nSPS) is 12.0. The summed E-state index contributed by atoms with van der Waals surface area (Å²) in [5, 5.41) is 7.21. The average Bonchev–Trinajstić information content (AvgIpc) is 2.86. The predicted molar refractivity (Wildman–Crippen MR) is 77.9 cm³/mol. The lowest BCUT2D eigenvalue weighted by atomic mass is 10.2. The lowest BCUT2D eigenvalue weighted by molar-refractivity contribution is -0.147. The number of alkyl halides is 3. The highest BCUT2D eigenvalue weighted by molar-refractivity contribution is 7.98. The molecule has 0 amide bonds. The second-order valence-corrected chi connectivity index (χ2v) is 5.62. The molecule has 0 spiro atoms. The van der Waals surface area contributed by atoms with Crippen LogP contribution in [0.3, 0.4) is 0 Å². The van der Waals surface area contributed by atoms with Crippen molar-refractivity contribution in [3.05, 3.63) is 46.3 Å². The van der Waals surface area contributed by atoms with E-state index in [1.165, 1.54) is 7.05 Å². The van der Waals surface area contributed by atoms with E-state index in [0.717, 1.165) is 16.3 Å². The zero-order valence-electron chi connectivity index (χ0n) is 11.8. The summed E-state index contributed by atoms with van der Waals surface area (Å²) in [6, 6.07) is 6.83. The molecule has 0 aliphatic carbocycles. The maximum Gasteiger partial charge on any atom is 0.451 e. The highest BCUT2D eigenvalue weighted by Crippen LogP contribution is 2.30. The van der Waals surface area contributed by atoms with Gasteiger partial charge in [0.25, 0.3) is 5.56 Å². The molecule has 2 heterocycles. The van der Waals surface area contributed by atoms with Crippen LogP contribution in [0.5, 0.6) is 0 Å². The maximum atomic E-state index is 12.7. The SMILES string of the molecule is Cn1c(SCc2nc3ccccc3c(=O)[nH]2)nnc1C(F)(F)F. The van der Waals surface area contributed by atoms with Crippen molar-refractivity contribution in [2.45, 2.75) is 17.1 Å². The van der Waals surface area contributed by atoms with Gasteiger partial charge in [0, 0.05) is 7.05 Å². The van der Waals surface area contributed by atoms with E-state index in [2.05, 4.69) is 20.2 Å². The van der Waals surface area contributed by atoms with E-state index in [0.29, 0.717) is 16.7 Å². The number of nitrogens with one attached hydrogen (secondary N) is 1. The molecule has 0 unspecified atom stereocenters. The van der Waals surface area contributed by atoms with E-state index in [9.17, 15) is 18.0 Å². The molecule has 1 aromatic carbocycles. The number of aromatic nitrogens is 5.